The lowest BCUT2D eigenvalue weighted by molar-refractivity contribution is -0.385. The molecule has 0 unspecified atom stereocenters. The van der Waals surface area contributed by atoms with Crippen LogP contribution in [0.1, 0.15) is 50.0 Å². The molecule has 1 amide bonds. The second kappa shape index (κ2) is 10.0. The van der Waals surface area contributed by atoms with E-state index in [1.54, 1.807) is 17.0 Å². The van der Waals surface area contributed by atoms with Gasteiger partial charge in [-0.25, -0.2) is 0 Å². The Morgan fingerprint density at radius 1 is 1.08 bits per heavy atom. The molecule has 1 aromatic carbocycles. The molecule has 0 N–H and O–H groups in total. The molecule has 6 heteroatoms. The van der Waals surface area contributed by atoms with E-state index in [-0.39, 0.29) is 11.6 Å². The minimum absolute atomic E-state index is 0.0440. The number of hydrogen-bond donors (Lipinski definition) is 0. The van der Waals surface area contributed by atoms with Gasteiger partial charge in [-0.2, -0.15) is 0 Å². The zero-order chi connectivity index (χ0) is 18.1. The molecule has 0 saturated carbocycles. The number of carbonyl (C=O) groups is 1. The van der Waals surface area contributed by atoms with Crippen LogP contribution in [-0.4, -0.2) is 53.4 Å². The molecule has 0 aliphatic rings. The fourth-order valence-corrected chi connectivity index (χ4v) is 2.74. The lowest BCUT2D eigenvalue weighted by Crippen LogP contribution is -2.38. The van der Waals surface area contributed by atoms with Gasteiger partial charge in [0.25, 0.3) is 11.6 Å². The van der Waals surface area contributed by atoms with E-state index in [2.05, 4.69) is 18.7 Å². The highest BCUT2D eigenvalue weighted by molar-refractivity contribution is 5.95. The highest BCUT2D eigenvalue weighted by Crippen LogP contribution is 2.22. The van der Waals surface area contributed by atoms with Crippen LogP contribution in [0.15, 0.2) is 18.2 Å². The standard InChI is InChI=1S/C18H29N3O3/c1-5-9-15-10-11-16(14-17(15)21(23)24)18(22)20(8-4)13-12-19(6-2)7-3/h10-11,14H,5-9,12-13H2,1-4H3. The van der Waals surface area contributed by atoms with Crippen molar-refractivity contribution in [2.75, 3.05) is 32.7 Å². The first-order chi connectivity index (χ1) is 11.5. The van der Waals surface area contributed by atoms with Crippen molar-refractivity contribution >= 4 is 11.6 Å². The maximum absolute atomic E-state index is 12.7. The molecule has 0 saturated heterocycles. The molecule has 24 heavy (non-hydrogen) atoms. The normalized spacial score (nSPS) is 10.9. The summed E-state index contributed by atoms with van der Waals surface area (Å²) < 4.78 is 0. The molecule has 0 aliphatic carbocycles. The van der Waals surface area contributed by atoms with Gasteiger partial charge in [-0.1, -0.05) is 33.3 Å². The topological polar surface area (TPSA) is 66.7 Å². The van der Waals surface area contributed by atoms with Crippen molar-refractivity contribution in [1.82, 2.24) is 9.80 Å². The van der Waals surface area contributed by atoms with Crippen LogP contribution in [-0.2, 0) is 6.42 Å². The van der Waals surface area contributed by atoms with E-state index in [4.69, 9.17) is 0 Å². The molecule has 0 radical (unpaired) electrons. The van der Waals surface area contributed by atoms with Crippen LogP contribution >= 0.6 is 0 Å². The van der Waals surface area contributed by atoms with E-state index < -0.39 is 4.92 Å². The van der Waals surface area contributed by atoms with Crippen molar-refractivity contribution in [3.8, 4) is 0 Å². The molecular weight excluding hydrogens is 306 g/mol. The van der Waals surface area contributed by atoms with Gasteiger partial charge in [0.05, 0.1) is 4.92 Å². The number of nitro benzene ring substituents is 1. The monoisotopic (exact) mass is 335 g/mol. The molecule has 0 bridgehead atoms. The van der Waals surface area contributed by atoms with E-state index in [0.29, 0.717) is 30.6 Å². The number of carbonyl (C=O) groups excluding carboxylic acids is 1. The Balaban J connectivity index is 2.95. The molecule has 0 atom stereocenters. The molecule has 6 nitrogen and oxygen atoms in total. The Hall–Kier alpha value is -1.95. The maximum atomic E-state index is 12.7. The fraction of sp³-hybridized carbons (Fsp3) is 0.611. The molecule has 134 valence electrons. The summed E-state index contributed by atoms with van der Waals surface area (Å²) in [4.78, 5) is 27.6. The predicted molar refractivity (Wildman–Crippen MR) is 96.5 cm³/mol. The van der Waals surface area contributed by atoms with Gasteiger partial charge < -0.3 is 9.80 Å². The zero-order valence-corrected chi connectivity index (χ0v) is 15.2. The highest BCUT2D eigenvalue weighted by atomic mass is 16.6. The summed E-state index contributed by atoms with van der Waals surface area (Å²) >= 11 is 0. The van der Waals surface area contributed by atoms with E-state index in [9.17, 15) is 14.9 Å². The van der Waals surface area contributed by atoms with Crippen molar-refractivity contribution in [3.63, 3.8) is 0 Å². The summed E-state index contributed by atoms with van der Waals surface area (Å²) in [6, 6.07) is 4.85. The van der Waals surface area contributed by atoms with Crippen LogP contribution in [0, 0.1) is 10.1 Å². The Morgan fingerprint density at radius 2 is 1.75 bits per heavy atom. The van der Waals surface area contributed by atoms with Crippen LogP contribution in [0.25, 0.3) is 0 Å². The summed E-state index contributed by atoms with van der Waals surface area (Å²) in [6.07, 6.45) is 1.48. The maximum Gasteiger partial charge on any atom is 0.273 e. The second-order valence-corrected chi connectivity index (χ2v) is 5.76. The van der Waals surface area contributed by atoms with Gasteiger partial charge in [-0.15, -0.1) is 0 Å². The number of aryl methyl sites for hydroxylation is 1. The molecular formula is C18H29N3O3. The van der Waals surface area contributed by atoms with Gasteiger partial charge in [-0.3, -0.25) is 14.9 Å². The summed E-state index contributed by atoms with van der Waals surface area (Å²) in [5.41, 5.74) is 1.12. The molecule has 1 aromatic rings. The predicted octanol–water partition coefficient (Wildman–Crippen LogP) is 3.35. The Kier molecular flexibility index (Phi) is 8.40. The highest BCUT2D eigenvalue weighted by Gasteiger charge is 2.20. The van der Waals surface area contributed by atoms with Gasteiger partial charge in [-0.05, 0) is 32.5 Å². The van der Waals surface area contributed by atoms with Crippen LogP contribution < -0.4 is 0 Å². The lowest BCUT2D eigenvalue weighted by atomic mass is 10.0. The minimum Gasteiger partial charge on any atom is -0.338 e. The number of nitro groups is 1. The first-order valence-electron chi connectivity index (χ1n) is 8.77. The fourth-order valence-electron chi connectivity index (χ4n) is 2.74. The van der Waals surface area contributed by atoms with Crippen molar-refractivity contribution in [1.29, 1.82) is 0 Å². The first kappa shape index (κ1) is 20.1. The molecule has 0 spiro atoms. The summed E-state index contributed by atoms with van der Waals surface area (Å²) in [7, 11) is 0. The molecule has 0 heterocycles. The van der Waals surface area contributed by atoms with Crippen molar-refractivity contribution in [3.05, 3.63) is 39.4 Å². The van der Waals surface area contributed by atoms with Gasteiger partial charge >= 0.3 is 0 Å². The van der Waals surface area contributed by atoms with E-state index in [1.165, 1.54) is 6.07 Å². The largest absolute Gasteiger partial charge is 0.338 e. The Morgan fingerprint density at radius 3 is 2.25 bits per heavy atom. The number of likely N-dealkylation sites (N-methyl/N-ethyl adjacent to an activating group) is 2. The summed E-state index contributed by atoms with van der Waals surface area (Å²) in [6.45, 7) is 12.0. The molecule has 0 aliphatic heterocycles. The minimum atomic E-state index is -0.395. The van der Waals surface area contributed by atoms with Gasteiger partial charge in [0.2, 0.25) is 0 Å². The van der Waals surface area contributed by atoms with Gasteiger partial charge in [0.1, 0.15) is 0 Å². The van der Waals surface area contributed by atoms with Crippen LogP contribution in [0.3, 0.4) is 0 Å². The number of amides is 1. The third kappa shape index (κ3) is 5.30. The molecule has 0 fully saturated rings. The number of hydrogen-bond acceptors (Lipinski definition) is 4. The lowest BCUT2D eigenvalue weighted by Gasteiger charge is -2.25. The Labute approximate surface area is 144 Å². The SMILES string of the molecule is CCCc1ccc(C(=O)N(CC)CCN(CC)CC)cc1[N+](=O)[O-]. The average molecular weight is 335 g/mol. The van der Waals surface area contributed by atoms with Crippen molar-refractivity contribution < 1.29 is 9.72 Å². The van der Waals surface area contributed by atoms with E-state index in [0.717, 1.165) is 26.1 Å². The van der Waals surface area contributed by atoms with Crippen LogP contribution in [0.4, 0.5) is 5.69 Å². The quantitative estimate of drug-likeness (QED) is 0.486. The van der Waals surface area contributed by atoms with Gasteiger partial charge in [0, 0.05) is 36.8 Å². The first-order valence-corrected chi connectivity index (χ1v) is 8.77. The number of nitrogens with zero attached hydrogens (tertiary/aromatic N) is 3. The zero-order valence-electron chi connectivity index (χ0n) is 15.2. The van der Waals surface area contributed by atoms with Crippen molar-refractivity contribution in [2.24, 2.45) is 0 Å². The second-order valence-electron chi connectivity index (χ2n) is 5.76. The number of benzene rings is 1. The summed E-state index contributed by atoms with van der Waals surface area (Å²) in [5, 5.41) is 11.3. The van der Waals surface area contributed by atoms with Crippen LogP contribution in [0.2, 0.25) is 0 Å². The third-order valence-corrected chi connectivity index (χ3v) is 4.30. The van der Waals surface area contributed by atoms with Gasteiger partial charge in [0.15, 0.2) is 0 Å². The molecule has 1 rings (SSSR count). The number of rotatable bonds is 10. The van der Waals surface area contributed by atoms with E-state index in [1.807, 2.05) is 13.8 Å². The smallest absolute Gasteiger partial charge is 0.273 e. The average Bonchev–Trinajstić information content (AvgIpc) is 2.59. The molecule has 0 aromatic heterocycles. The van der Waals surface area contributed by atoms with E-state index >= 15 is 0 Å². The Bertz CT molecular complexity index is 556. The third-order valence-electron chi connectivity index (χ3n) is 4.30. The summed E-state index contributed by atoms with van der Waals surface area (Å²) in [5.74, 6) is -0.143. The van der Waals surface area contributed by atoms with Crippen molar-refractivity contribution in [2.45, 2.75) is 40.5 Å². The van der Waals surface area contributed by atoms with Crippen LogP contribution in [0.5, 0.6) is 0 Å².